The van der Waals surface area contributed by atoms with E-state index in [2.05, 4.69) is 28.5 Å². The molecule has 4 rings (SSSR count). The predicted molar refractivity (Wildman–Crippen MR) is 85.6 cm³/mol. The summed E-state index contributed by atoms with van der Waals surface area (Å²) in [5, 5.41) is 22.8. The minimum absolute atomic E-state index is 0.0732. The zero-order valence-electron chi connectivity index (χ0n) is 12.5. The van der Waals surface area contributed by atoms with E-state index in [1.807, 2.05) is 22.6 Å². The number of aliphatic hydroxyl groups excluding tert-OH is 1. The van der Waals surface area contributed by atoms with Gasteiger partial charge in [-0.2, -0.15) is 5.26 Å². The van der Waals surface area contributed by atoms with Crippen molar-refractivity contribution in [1.29, 1.82) is 5.26 Å². The zero-order chi connectivity index (χ0) is 15.8. The molecule has 0 spiro atoms. The number of nitrogens with zero attached hydrogens (tertiary/aromatic N) is 3. The SMILES string of the molecule is N#Cc1ccc2ncc(CN[C@@H]3c4ccccc4C[C@@H]3O)n2c1. The van der Waals surface area contributed by atoms with Crippen LogP contribution in [0, 0.1) is 11.3 Å². The van der Waals surface area contributed by atoms with Crippen LogP contribution in [-0.2, 0) is 13.0 Å². The maximum atomic E-state index is 10.3. The van der Waals surface area contributed by atoms with Gasteiger partial charge in [-0.05, 0) is 23.3 Å². The summed E-state index contributed by atoms with van der Waals surface area (Å²) in [7, 11) is 0. The van der Waals surface area contributed by atoms with E-state index < -0.39 is 6.10 Å². The summed E-state index contributed by atoms with van der Waals surface area (Å²) in [5.41, 5.74) is 4.73. The van der Waals surface area contributed by atoms with Crippen LogP contribution in [-0.4, -0.2) is 20.6 Å². The Morgan fingerprint density at radius 3 is 3.04 bits per heavy atom. The van der Waals surface area contributed by atoms with E-state index in [0.717, 1.165) is 16.9 Å². The minimum atomic E-state index is -0.416. The minimum Gasteiger partial charge on any atom is -0.391 e. The number of rotatable bonds is 3. The quantitative estimate of drug-likeness (QED) is 0.776. The number of pyridine rings is 1. The lowest BCUT2D eigenvalue weighted by Gasteiger charge is -2.17. The van der Waals surface area contributed by atoms with Gasteiger partial charge < -0.3 is 14.8 Å². The molecule has 0 fully saturated rings. The van der Waals surface area contributed by atoms with Crippen molar-refractivity contribution in [3.8, 4) is 6.07 Å². The fourth-order valence-corrected chi connectivity index (χ4v) is 3.26. The number of aromatic nitrogens is 2. The zero-order valence-corrected chi connectivity index (χ0v) is 12.5. The molecule has 2 heterocycles. The second-order valence-corrected chi connectivity index (χ2v) is 5.84. The van der Waals surface area contributed by atoms with Crippen LogP contribution in [0.15, 0.2) is 48.8 Å². The Morgan fingerprint density at radius 1 is 1.30 bits per heavy atom. The van der Waals surface area contributed by atoms with E-state index in [9.17, 15) is 5.11 Å². The maximum Gasteiger partial charge on any atom is 0.137 e. The van der Waals surface area contributed by atoms with Gasteiger partial charge in [0, 0.05) is 19.2 Å². The molecule has 0 saturated carbocycles. The number of imidazole rings is 1. The number of hydrogen-bond acceptors (Lipinski definition) is 4. The molecule has 1 aliphatic rings. The predicted octanol–water partition coefficient (Wildman–Crippen LogP) is 1.95. The fraction of sp³-hybridized carbons (Fsp3) is 0.222. The van der Waals surface area contributed by atoms with Gasteiger partial charge in [0.15, 0.2) is 0 Å². The fourth-order valence-electron chi connectivity index (χ4n) is 3.26. The first-order valence-electron chi connectivity index (χ1n) is 7.61. The third-order valence-corrected chi connectivity index (χ3v) is 4.42. The van der Waals surface area contributed by atoms with Crippen molar-refractivity contribution in [2.75, 3.05) is 0 Å². The third kappa shape index (κ3) is 2.38. The summed E-state index contributed by atoms with van der Waals surface area (Å²) in [4.78, 5) is 4.35. The average Bonchev–Trinajstić information content (AvgIpc) is 3.12. The number of nitrogens with one attached hydrogen (secondary N) is 1. The molecule has 0 bridgehead atoms. The second-order valence-electron chi connectivity index (χ2n) is 5.84. The molecule has 5 heteroatoms. The smallest absolute Gasteiger partial charge is 0.137 e. The molecule has 5 nitrogen and oxygen atoms in total. The molecule has 2 aromatic heterocycles. The Balaban J connectivity index is 1.59. The van der Waals surface area contributed by atoms with Crippen molar-refractivity contribution in [2.45, 2.75) is 25.1 Å². The molecule has 0 unspecified atom stereocenters. The van der Waals surface area contributed by atoms with Crippen LogP contribution in [0.1, 0.15) is 28.4 Å². The first-order chi connectivity index (χ1) is 11.3. The Labute approximate surface area is 133 Å². The van der Waals surface area contributed by atoms with Crippen molar-refractivity contribution in [1.82, 2.24) is 14.7 Å². The summed E-state index contributed by atoms with van der Waals surface area (Å²) >= 11 is 0. The molecule has 0 amide bonds. The van der Waals surface area contributed by atoms with E-state index in [-0.39, 0.29) is 6.04 Å². The van der Waals surface area contributed by atoms with E-state index >= 15 is 0 Å². The molecule has 0 aliphatic heterocycles. The van der Waals surface area contributed by atoms with E-state index in [4.69, 9.17) is 5.26 Å². The van der Waals surface area contributed by atoms with Crippen LogP contribution >= 0.6 is 0 Å². The van der Waals surface area contributed by atoms with E-state index in [1.165, 1.54) is 5.56 Å². The molecule has 1 aromatic carbocycles. The molecule has 1 aliphatic carbocycles. The van der Waals surface area contributed by atoms with Crippen LogP contribution in [0.5, 0.6) is 0 Å². The molecule has 0 radical (unpaired) electrons. The number of hydrogen-bond donors (Lipinski definition) is 2. The molecule has 0 saturated heterocycles. The van der Waals surface area contributed by atoms with Crippen molar-refractivity contribution in [3.63, 3.8) is 0 Å². The molecular formula is C18H16N4O. The van der Waals surface area contributed by atoms with Crippen LogP contribution in [0.3, 0.4) is 0 Å². The number of aliphatic hydroxyl groups is 1. The Kier molecular flexibility index (Phi) is 3.34. The summed E-state index contributed by atoms with van der Waals surface area (Å²) in [5.74, 6) is 0. The lowest BCUT2D eigenvalue weighted by Crippen LogP contribution is -2.28. The highest BCUT2D eigenvalue weighted by molar-refractivity contribution is 5.44. The van der Waals surface area contributed by atoms with Gasteiger partial charge in [-0.1, -0.05) is 24.3 Å². The first-order valence-corrected chi connectivity index (χ1v) is 7.61. The average molecular weight is 304 g/mol. The summed E-state index contributed by atoms with van der Waals surface area (Å²) < 4.78 is 1.92. The standard InChI is InChI=1S/C18H16N4O/c19-8-12-5-6-17-20-9-14(22(17)11-12)10-21-18-15-4-2-1-3-13(15)7-16(18)23/h1-6,9,11,16,18,21,23H,7,10H2/t16-,18+/m0/s1. The highest BCUT2D eigenvalue weighted by Crippen LogP contribution is 2.31. The topological polar surface area (TPSA) is 73.3 Å². The van der Waals surface area contributed by atoms with Crippen LogP contribution < -0.4 is 5.32 Å². The van der Waals surface area contributed by atoms with Gasteiger partial charge in [0.1, 0.15) is 11.7 Å². The van der Waals surface area contributed by atoms with Gasteiger partial charge in [0.25, 0.3) is 0 Å². The molecule has 23 heavy (non-hydrogen) atoms. The Hall–Kier alpha value is -2.68. The van der Waals surface area contributed by atoms with Gasteiger partial charge in [0.05, 0.1) is 29.6 Å². The molecular weight excluding hydrogens is 288 g/mol. The molecule has 2 atom stereocenters. The number of fused-ring (bicyclic) bond motifs is 2. The lowest BCUT2D eigenvalue weighted by atomic mass is 10.1. The second kappa shape index (κ2) is 5.51. The van der Waals surface area contributed by atoms with Crippen LogP contribution in [0.25, 0.3) is 5.65 Å². The van der Waals surface area contributed by atoms with Gasteiger partial charge in [-0.3, -0.25) is 0 Å². The van der Waals surface area contributed by atoms with Gasteiger partial charge >= 0.3 is 0 Å². The summed E-state index contributed by atoms with van der Waals surface area (Å²) in [6.07, 6.45) is 3.86. The Bertz CT molecular complexity index is 909. The summed E-state index contributed by atoms with van der Waals surface area (Å²) in [6.45, 7) is 0.576. The van der Waals surface area contributed by atoms with E-state index in [0.29, 0.717) is 18.5 Å². The van der Waals surface area contributed by atoms with Gasteiger partial charge in [-0.15, -0.1) is 0 Å². The largest absolute Gasteiger partial charge is 0.391 e. The van der Waals surface area contributed by atoms with Crippen molar-refractivity contribution in [3.05, 3.63) is 71.2 Å². The van der Waals surface area contributed by atoms with E-state index in [1.54, 1.807) is 18.5 Å². The lowest BCUT2D eigenvalue weighted by molar-refractivity contribution is 0.140. The van der Waals surface area contributed by atoms with Crippen LogP contribution in [0.2, 0.25) is 0 Å². The number of benzene rings is 1. The van der Waals surface area contributed by atoms with Crippen LogP contribution in [0.4, 0.5) is 0 Å². The van der Waals surface area contributed by atoms with Crippen molar-refractivity contribution < 1.29 is 5.11 Å². The van der Waals surface area contributed by atoms with Crippen molar-refractivity contribution >= 4 is 5.65 Å². The molecule has 114 valence electrons. The monoisotopic (exact) mass is 304 g/mol. The molecule has 2 N–H and O–H groups in total. The third-order valence-electron chi connectivity index (χ3n) is 4.42. The van der Waals surface area contributed by atoms with Crippen molar-refractivity contribution in [2.24, 2.45) is 0 Å². The highest BCUT2D eigenvalue weighted by atomic mass is 16.3. The van der Waals surface area contributed by atoms with Gasteiger partial charge in [0.2, 0.25) is 0 Å². The Morgan fingerprint density at radius 2 is 2.17 bits per heavy atom. The normalized spacial score (nSPS) is 19.7. The summed E-state index contributed by atoms with van der Waals surface area (Å²) in [6, 6.07) is 13.8. The molecule has 3 aromatic rings. The maximum absolute atomic E-state index is 10.3. The number of nitriles is 1. The first kappa shape index (κ1) is 13.9. The highest BCUT2D eigenvalue weighted by Gasteiger charge is 2.30. The van der Waals surface area contributed by atoms with Gasteiger partial charge in [-0.25, -0.2) is 4.98 Å².